The van der Waals surface area contributed by atoms with Crippen LogP contribution >= 0.6 is 0 Å². The number of amides is 2. The molecule has 0 radical (unpaired) electrons. The van der Waals surface area contributed by atoms with Gasteiger partial charge in [0.25, 0.3) is 5.91 Å². The number of fused-ring (bicyclic) bond motifs is 1. The number of alkyl carbamates (subject to hydrolysis) is 1. The molecule has 0 fully saturated rings. The van der Waals surface area contributed by atoms with Crippen LogP contribution in [0.15, 0.2) is 42.5 Å². The van der Waals surface area contributed by atoms with Gasteiger partial charge in [-0.2, -0.15) is 0 Å². The Morgan fingerprint density at radius 3 is 2.64 bits per heavy atom. The van der Waals surface area contributed by atoms with Gasteiger partial charge < -0.3 is 24.4 Å². The number of hydrogen-bond donors (Lipinski definition) is 1. The molecule has 10 heteroatoms. The van der Waals surface area contributed by atoms with E-state index in [9.17, 15) is 14.0 Å². The lowest BCUT2D eigenvalue weighted by molar-refractivity contribution is 0.0531. The molecule has 1 aliphatic rings. The molecule has 1 aromatic carbocycles. The van der Waals surface area contributed by atoms with Crippen molar-refractivity contribution in [2.45, 2.75) is 32.8 Å². The van der Waals surface area contributed by atoms with Crippen LogP contribution in [0.5, 0.6) is 11.8 Å². The van der Waals surface area contributed by atoms with Crippen LogP contribution in [0.4, 0.5) is 14.9 Å². The molecule has 0 bridgehead atoms. The molecule has 0 aliphatic carbocycles. The van der Waals surface area contributed by atoms with Crippen molar-refractivity contribution in [3.63, 3.8) is 0 Å². The molecule has 1 N–H and O–H groups in total. The van der Waals surface area contributed by atoms with E-state index in [2.05, 4.69) is 15.3 Å². The van der Waals surface area contributed by atoms with Crippen LogP contribution in [0.3, 0.4) is 0 Å². The first-order valence-electron chi connectivity index (χ1n) is 10.4. The second-order valence-electron chi connectivity index (χ2n) is 8.37. The lowest BCUT2D eigenvalue weighted by Gasteiger charge is -2.28. The number of nitrogens with one attached hydrogen (secondary N) is 1. The molecule has 3 rings (SSSR count). The van der Waals surface area contributed by atoms with Gasteiger partial charge in [0.1, 0.15) is 18.0 Å². The van der Waals surface area contributed by atoms with Crippen LogP contribution in [-0.4, -0.2) is 54.4 Å². The smallest absolute Gasteiger partial charge is 0.407 e. The molecule has 2 heterocycles. The Morgan fingerprint density at radius 1 is 1.27 bits per heavy atom. The third-order valence-electron chi connectivity index (χ3n) is 4.70. The molecule has 2 aromatic rings. The summed E-state index contributed by atoms with van der Waals surface area (Å²) < 4.78 is 29.0. The highest BCUT2D eigenvalue weighted by atomic mass is 19.1. The predicted octanol–water partition coefficient (Wildman–Crippen LogP) is 3.45. The zero-order chi connectivity index (χ0) is 24.0. The molecule has 0 saturated carbocycles. The van der Waals surface area contributed by atoms with Crippen molar-refractivity contribution in [3.05, 3.63) is 53.6 Å². The third kappa shape index (κ3) is 6.41. The molecular formula is C23H27FN4O5. The summed E-state index contributed by atoms with van der Waals surface area (Å²) in [6.07, 6.45) is 3.45. The van der Waals surface area contributed by atoms with E-state index in [-0.39, 0.29) is 30.6 Å². The lowest BCUT2D eigenvalue weighted by Crippen LogP contribution is -2.37. The minimum Gasteiger partial charge on any atom is -0.489 e. The van der Waals surface area contributed by atoms with Gasteiger partial charge in [-0.1, -0.05) is 0 Å². The third-order valence-corrected chi connectivity index (χ3v) is 4.70. The molecule has 33 heavy (non-hydrogen) atoms. The summed E-state index contributed by atoms with van der Waals surface area (Å²) in [5.74, 6) is 0.335. The van der Waals surface area contributed by atoms with E-state index in [1.165, 1.54) is 7.11 Å². The number of methoxy groups -OCH3 is 1. The fraction of sp³-hybridized carbons (Fsp3) is 0.391. The molecule has 1 aromatic heterocycles. The summed E-state index contributed by atoms with van der Waals surface area (Å²) in [6, 6.07) is 5.34. The van der Waals surface area contributed by atoms with E-state index < -0.39 is 11.7 Å². The maximum atomic E-state index is 13.2. The molecule has 0 atom stereocenters. The number of nitrogens with zero attached hydrogens (tertiary/aromatic N) is 3. The number of carbonyl (C=O) groups is 2. The maximum Gasteiger partial charge on any atom is 0.407 e. The quantitative estimate of drug-likeness (QED) is 0.678. The van der Waals surface area contributed by atoms with Crippen LogP contribution in [-0.2, 0) is 11.2 Å². The van der Waals surface area contributed by atoms with Crippen molar-refractivity contribution in [3.8, 4) is 11.8 Å². The molecule has 0 saturated heterocycles. The summed E-state index contributed by atoms with van der Waals surface area (Å²) in [5.41, 5.74) is 1.57. The van der Waals surface area contributed by atoms with Crippen molar-refractivity contribution < 1.29 is 28.2 Å². The minimum absolute atomic E-state index is 0.0479. The van der Waals surface area contributed by atoms with Gasteiger partial charge in [-0.15, -0.1) is 0 Å². The van der Waals surface area contributed by atoms with Crippen molar-refractivity contribution in [2.75, 3.05) is 31.7 Å². The zero-order valence-electron chi connectivity index (χ0n) is 19.1. The SMILES string of the molecule is COc1ncc(N2CCc3cc(OC/C(=C/F)CNC(=O)OC(C)(C)C)ccc3C2=O)cn1. The van der Waals surface area contributed by atoms with E-state index in [1.807, 2.05) is 0 Å². The van der Waals surface area contributed by atoms with E-state index >= 15 is 0 Å². The Bertz CT molecular complexity index is 1030. The number of benzene rings is 1. The van der Waals surface area contributed by atoms with Crippen LogP contribution < -0.4 is 19.7 Å². The molecule has 9 nitrogen and oxygen atoms in total. The highest BCUT2D eigenvalue weighted by Crippen LogP contribution is 2.27. The topological polar surface area (TPSA) is 103 Å². The Morgan fingerprint density at radius 2 is 2.00 bits per heavy atom. The fourth-order valence-electron chi connectivity index (χ4n) is 3.15. The van der Waals surface area contributed by atoms with Crippen molar-refractivity contribution in [1.82, 2.24) is 15.3 Å². The minimum atomic E-state index is -0.642. The number of carbonyl (C=O) groups excluding carboxylic acids is 2. The number of hydrogen-bond acceptors (Lipinski definition) is 7. The van der Waals surface area contributed by atoms with Crippen LogP contribution in [0.25, 0.3) is 0 Å². The Kier molecular flexibility index (Phi) is 7.47. The summed E-state index contributed by atoms with van der Waals surface area (Å²) in [4.78, 5) is 34.4. The second kappa shape index (κ2) is 10.3. The van der Waals surface area contributed by atoms with Crippen LogP contribution in [0, 0.1) is 0 Å². The molecule has 2 amide bonds. The van der Waals surface area contributed by atoms with E-state index in [0.717, 1.165) is 5.56 Å². The predicted molar refractivity (Wildman–Crippen MR) is 119 cm³/mol. The molecular weight excluding hydrogens is 431 g/mol. The number of anilines is 1. The van der Waals surface area contributed by atoms with Crippen molar-refractivity contribution in [1.29, 1.82) is 0 Å². The summed E-state index contributed by atoms with van der Waals surface area (Å²) >= 11 is 0. The first-order valence-corrected chi connectivity index (χ1v) is 10.4. The molecule has 176 valence electrons. The average Bonchev–Trinajstić information content (AvgIpc) is 2.78. The zero-order valence-corrected chi connectivity index (χ0v) is 19.1. The Balaban J connectivity index is 1.59. The van der Waals surface area contributed by atoms with E-state index in [4.69, 9.17) is 14.2 Å². The van der Waals surface area contributed by atoms with Gasteiger partial charge in [0.15, 0.2) is 0 Å². The van der Waals surface area contributed by atoms with Crippen LogP contribution in [0.2, 0.25) is 0 Å². The molecule has 1 aliphatic heterocycles. The van der Waals surface area contributed by atoms with Crippen LogP contribution in [0.1, 0.15) is 36.7 Å². The average molecular weight is 458 g/mol. The number of ether oxygens (including phenoxy) is 3. The fourth-order valence-corrected chi connectivity index (χ4v) is 3.15. The number of halogens is 1. The largest absolute Gasteiger partial charge is 0.489 e. The number of rotatable bonds is 7. The maximum absolute atomic E-state index is 13.2. The van der Waals surface area contributed by atoms with Gasteiger partial charge in [-0.3, -0.25) is 4.79 Å². The standard InChI is InChI=1S/C23H27FN4O5/c1-23(2,3)33-22(30)27-11-15(10-24)14-32-18-5-6-19-16(9-18)7-8-28(20(19)29)17-12-25-21(31-4)26-13-17/h5-6,9-10,12-13H,7-8,11,14H2,1-4H3,(H,27,30)/b15-10+. The first kappa shape index (κ1) is 24.0. The lowest BCUT2D eigenvalue weighted by atomic mass is 9.98. The van der Waals surface area contributed by atoms with Gasteiger partial charge >= 0.3 is 12.1 Å². The van der Waals surface area contributed by atoms with Gasteiger partial charge in [0.2, 0.25) is 0 Å². The van der Waals surface area contributed by atoms with Gasteiger partial charge in [-0.05, 0) is 51.0 Å². The van der Waals surface area contributed by atoms with Crippen molar-refractivity contribution in [2.24, 2.45) is 0 Å². The Labute approximate surface area is 191 Å². The summed E-state index contributed by atoms with van der Waals surface area (Å²) in [7, 11) is 1.47. The highest BCUT2D eigenvalue weighted by Gasteiger charge is 2.26. The second-order valence-corrected chi connectivity index (χ2v) is 8.37. The summed E-state index contributed by atoms with van der Waals surface area (Å²) in [5, 5.41) is 2.49. The monoisotopic (exact) mass is 458 g/mol. The highest BCUT2D eigenvalue weighted by molar-refractivity contribution is 6.08. The molecule has 0 unspecified atom stereocenters. The molecule has 0 spiro atoms. The van der Waals surface area contributed by atoms with E-state index in [0.29, 0.717) is 36.3 Å². The normalized spacial score (nSPS) is 13.9. The number of aromatic nitrogens is 2. The first-order chi connectivity index (χ1) is 15.7. The van der Waals surface area contributed by atoms with E-state index in [1.54, 1.807) is 56.3 Å². The van der Waals surface area contributed by atoms with Gasteiger partial charge in [-0.25, -0.2) is 19.2 Å². The van der Waals surface area contributed by atoms with Gasteiger partial charge in [0.05, 0.1) is 31.5 Å². The van der Waals surface area contributed by atoms with Gasteiger partial charge in [0, 0.05) is 24.2 Å². The summed E-state index contributed by atoms with van der Waals surface area (Å²) in [6.45, 7) is 5.58. The Hall–Kier alpha value is -3.69. The van der Waals surface area contributed by atoms with Crippen molar-refractivity contribution >= 4 is 17.7 Å².